The molecule has 148 valence electrons. The summed E-state index contributed by atoms with van der Waals surface area (Å²) in [5, 5.41) is 3.12. The number of aryl methyl sites for hydroxylation is 1. The van der Waals surface area contributed by atoms with Crippen LogP contribution in [0.1, 0.15) is 43.7 Å². The highest BCUT2D eigenvalue weighted by molar-refractivity contribution is 6.01. The van der Waals surface area contributed by atoms with E-state index >= 15 is 0 Å². The second kappa shape index (κ2) is 7.87. The average Bonchev–Trinajstić information content (AvgIpc) is 3.10. The third-order valence-electron chi connectivity index (χ3n) is 6.00. The molecule has 2 aliphatic heterocycles. The lowest BCUT2D eigenvalue weighted by atomic mass is 9.85. The Balaban J connectivity index is 1.54. The number of nitrogens with zero attached hydrogens (tertiary/aromatic N) is 4. The molecule has 0 aliphatic carbocycles. The van der Waals surface area contributed by atoms with Gasteiger partial charge >= 0.3 is 0 Å². The first-order valence-electron chi connectivity index (χ1n) is 10.3. The van der Waals surface area contributed by atoms with Crippen molar-refractivity contribution in [1.82, 2.24) is 14.9 Å². The Morgan fingerprint density at radius 1 is 1.07 bits per heavy atom. The van der Waals surface area contributed by atoms with Crippen LogP contribution >= 0.6 is 0 Å². The number of aromatic nitrogens is 2. The summed E-state index contributed by atoms with van der Waals surface area (Å²) in [5.41, 5.74) is 2.90. The third kappa shape index (κ3) is 3.49. The van der Waals surface area contributed by atoms with Gasteiger partial charge in [0.2, 0.25) is 11.9 Å². The van der Waals surface area contributed by atoms with Gasteiger partial charge in [0.05, 0.1) is 0 Å². The molecule has 2 aliphatic rings. The zero-order valence-corrected chi connectivity index (χ0v) is 16.8. The number of carbonyl (C=O) groups is 1. The molecular weight excluding hydrogens is 350 g/mol. The van der Waals surface area contributed by atoms with Crippen LogP contribution in [0.4, 0.5) is 11.6 Å². The number of carbonyl (C=O) groups excluding carboxylic acids is 1. The van der Waals surface area contributed by atoms with E-state index in [1.807, 2.05) is 24.2 Å². The number of anilines is 2. The van der Waals surface area contributed by atoms with Crippen molar-refractivity contribution in [2.45, 2.75) is 51.6 Å². The molecule has 0 bridgehead atoms. The van der Waals surface area contributed by atoms with Gasteiger partial charge in [-0.25, -0.2) is 9.97 Å². The van der Waals surface area contributed by atoms with Crippen molar-refractivity contribution in [1.29, 1.82) is 0 Å². The van der Waals surface area contributed by atoms with Crippen molar-refractivity contribution < 1.29 is 4.79 Å². The maximum Gasteiger partial charge on any atom is 0.247 e. The van der Waals surface area contributed by atoms with E-state index in [-0.39, 0.29) is 11.4 Å². The zero-order valence-electron chi connectivity index (χ0n) is 16.8. The van der Waals surface area contributed by atoms with Crippen LogP contribution < -0.4 is 10.2 Å². The molecule has 6 heteroatoms. The molecule has 0 saturated carbocycles. The van der Waals surface area contributed by atoms with E-state index in [0.717, 1.165) is 63.1 Å². The SMILES string of the molecule is CCNc1ncc(CN2CCCC23CCCN(c2ccc(C)cc2)C3=O)cn1. The third-order valence-corrected chi connectivity index (χ3v) is 6.00. The molecule has 3 heterocycles. The van der Waals surface area contributed by atoms with Gasteiger partial charge in [0.15, 0.2) is 0 Å². The zero-order chi connectivity index (χ0) is 19.6. The van der Waals surface area contributed by atoms with Crippen molar-refractivity contribution in [3.63, 3.8) is 0 Å². The lowest BCUT2D eigenvalue weighted by Gasteiger charge is -2.44. The first-order valence-corrected chi connectivity index (χ1v) is 10.3. The van der Waals surface area contributed by atoms with Gasteiger partial charge in [0, 0.05) is 43.3 Å². The maximum atomic E-state index is 13.6. The molecule has 0 radical (unpaired) electrons. The molecule has 1 aromatic heterocycles. The van der Waals surface area contributed by atoms with Crippen molar-refractivity contribution in [2.24, 2.45) is 0 Å². The van der Waals surface area contributed by atoms with Gasteiger partial charge in [0.1, 0.15) is 5.54 Å². The van der Waals surface area contributed by atoms with E-state index < -0.39 is 0 Å². The highest BCUT2D eigenvalue weighted by Gasteiger charge is 2.50. The molecule has 2 fully saturated rings. The summed E-state index contributed by atoms with van der Waals surface area (Å²) in [5.74, 6) is 0.909. The smallest absolute Gasteiger partial charge is 0.247 e. The minimum absolute atomic E-state index is 0.255. The molecule has 1 spiro atoms. The van der Waals surface area contributed by atoms with Gasteiger partial charge in [-0.15, -0.1) is 0 Å². The maximum absolute atomic E-state index is 13.6. The van der Waals surface area contributed by atoms with E-state index in [4.69, 9.17) is 0 Å². The Labute approximate surface area is 167 Å². The van der Waals surface area contributed by atoms with E-state index in [0.29, 0.717) is 5.95 Å². The lowest BCUT2D eigenvalue weighted by molar-refractivity contribution is -0.131. The minimum Gasteiger partial charge on any atom is -0.355 e. The van der Waals surface area contributed by atoms with Gasteiger partial charge in [-0.2, -0.15) is 0 Å². The minimum atomic E-state index is -0.385. The monoisotopic (exact) mass is 379 g/mol. The van der Waals surface area contributed by atoms with Gasteiger partial charge in [0.25, 0.3) is 0 Å². The summed E-state index contributed by atoms with van der Waals surface area (Å²) in [4.78, 5) is 26.8. The highest BCUT2D eigenvalue weighted by Crippen LogP contribution is 2.40. The molecule has 28 heavy (non-hydrogen) atoms. The van der Waals surface area contributed by atoms with Gasteiger partial charge in [-0.3, -0.25) is 9.69 Å². The molecule has 4 rings (SSSR count). The van der Waals surface area contributed by atoms with E-state index in [9.17, 15) is 4.79 Å². The molecule has 6 nitrogen and oxygen atoms in total. The second-order valence-corrected chi connectivity index (χ2v) is 7.90. The number of piperidine rings is 1. The van der Waals surface area contributed by atoms with Crippen LogP contribution in [0.3, 0.4) is 0 Å². The number of benzene rings is 1. The molecule has 1 unspecified atom stereocenters. The van der Waals surface area contributed by atoms with Crippen LogP contribution in [0.2, 0.25) is 0 Å². The van der Waals surface area contributed by atoms with Crippen molar-refractivity contribution in [3.05, 3.63) is 47.8 Å². The molecule has 2 aromatic rings. The predicted molar refractivity (Wildman–Crippen MR) is 111 cm³/mol. The lowest BCUT2D eigenvalue weighted by Crippen LogP contribution is -2.59. The summed E-state index contributed by atoms with van der Waals surface area (Å²) in [6, 6.07) is 8.30. The van der Waals surface area contributed by atoms with Crippen LogP contribution in [0.25, 0.3) is 0 Å². The summed E-state index contributed by atoms with van der Waals surface area (Å²) < 4.78 is 0. The van der Waals surface area contributed by atoms with Crippen molar-refractivity contribution >= 4 is 17.5 Å². The van der Waals surface area contributed by atoms with Gasteiger partial charge in [-0.1, -0.05) is 17.7 Å². The number of hydrogen-bond acceptors (Lipinski definition) is 5. The first-order chi connectivity index (χ1) is 13.6. The number of hydrogen-bond donors (Lipinski definition) is 1. The van der Waals surface area contributed by atoms with Crippen LogP contribution in [-0.4, -0.2) is 45.9 Å². The number of nitrogens with one attached hydrogen (secondary N) is 1. The van der Waals surface area contributed by atoms with E-state index in [2.05, 4.69) is 51.4 Å². The Kier molecular flexibility index (Phi) is 5.31. The topological polar surface area (TPSA) is 61.4 Å². The van der Waals surface area contributed by atoms with Crippen LogP contribution in [0, 0.1) is 6.92 Å². The Morgan fingerprint density at radius 3 is 2.43 bits per heavy atom. The second-order valence-electron chi connectivity index (χ2n) is 7.90. The fourth-order valence-corrected chi connectivity index (χ4v) is 4.56. The number of likely N-dealkylation sites (tertiary alicyclic amines) is 1. The Bertz CT molecular complexity index is 820. The van der Waals surface area contributed by atoms with Crippen LogP contribution in [0.15, 0.2) is 36.7 Å². The average molecular weight is 380 g/mol. The van der Waals surface area contributed by atoms with Crippen molar-refractivity contribution in [2.75, 3.05) is 29.9 Å². The molecule has 1 aromatic carbocycles. The summed E-state index contributed by atoms with van der Waals surface area (Å²) >= 11 is 0. The largest absolute Gasteiger partial charge is 0.355 e. The van der Waals surface area contributed by atoms with Crippen LogP contribution in [-0.2, 0) is 11.3 Å². The first kappa shape index (κ1) is 18.9. The molecule has 1 N–H and O–H groups in total. The molecule has 1 amide bonds. The predicted octanol–water partition coefficient (Wildman–Crippen LogP) is 3.38. The summed E-state index contributed by atoms with van der Waals surface area (Å²) in [6.07, 6.45) is 7.72. The number of amides is 1. The Hall–Kier alpha value is -2.47. The Morgan fingerprint density at radius 2 is 1.75 bits per heavy atom. The van der Waals surface area contributed by atoms with Crippen molar-refractivity contribution in [3.8, 4) is 0 Å². The van der Waals surface area contributed by atoms with E-state index in [1.54, 1.807) is 0 Å². The van der Waals surface area contributed by atoms with E-state index in [1.165, 1.54) is 5.56 Å². The highest BCUT2D eigenvalue weighted by atomic mass is 16.2. The number of rotatable bonds is 5. The molecular formula is C22H29N5O. The van der Waals surface area contributed by atoms with Gasteiger partial charge in [-0.05, 0) is 58.2 Å². The normalized spacial score (nSPS) is 22.8. The molecule has 2 saturated heterocycles. The standard InChI is InChI=1S/C22H29N5O/c1-3-23-21-24-14-18(15-25-21)16-26-12-4-10-22(26)11-5-13-27(20(22)28)19-8-6-17(2)7-9-19/h6-9,14-15H,3-5,10-13,16H2,1-2H3,(H,23,24,25). The fraction of sp³-hybridized carbons (Fsp3) is 0.500. The quantitative estimate of drug-likeness (QED) is 0.863. The summed E-state index contributed by atoms with van der Waals surface area (Å²) in [6.45, 7) is 7.38. The van der Waals surface area contributed by atoms with Gasteiger partial charge < -0.3 is 10.2 Å². The van der Waals surface area contributed by atoms with Crippen LogP contribution in [0.5, 0.6) is 0 Å². The molecule has 1 atom stereocenters. The summed E-state index contributed by atoms with van der Waals surface area (Å²) in [7, 11) is 0. The fourth-order valence-electron chi connectivity index (χ4n) is 4.56.